The van der Waals surface area contributed by atoms with Crippen molar-refractivity contribution in [3.63, 3.8) is 0 Å². The van der Waals surface area contributed by atoms with Crippen molar-refractivity contribution in [3.05, 3.63) is 63.7 Å². The molecule has 2 atom stereocenters. The molecule has 174 valence electrons. The lowest BCUT2D eigenvalue weighted by Crippen LogP contribution is -2.41. The number of aromatic amines is 1. The Bertz CT molecular complexity index is 1140. The van der Waals surface area contributed by atoms with Gasteiger partial charge in [0.2, 0.25) is 0 Å². The van der Waals surface area contributed by atoms with Gasteiger partial charge in [-0.3, -0.25) is 9.59 Å². The molecule has 1 aliphatic carbocycles. The Labute approximate surface area is 194 Å². The number of amides is 4. The molecule has 8 nitrogen and oxygen atoms in total. The summed E-state index contributed by atoms with van der Waals surface area (Å²) in [5.74, 6) is -0.0342. The van der Waals surface area contributed by atoms with Gasteiger partial charge in [-0.2, -0.15) is 0 Å². The van der Waals surface area contributed by atoms with E-state index in [2.05, 4.69) is 28.6 Å². The van der Waals surface area contributed by atoms with Gasteiger partial charge in [0.1, 0.15) is 0 Å². The zero-order chi connectivity index (χ0) is 23.9. The van der Waals surface area contributed by atoms with Crippen LogP contribution in [0, 0.1) is 19.8 Å². The zero-order valence-electron chi connectivity index (χ0n) is 19.8. The third-order valence-corrected chi connectivity index (χ3v) is 6.37. The summed E-state index contributed by atoms with van der Waals surface area (Å²) in [5, 5.41) is 6.00. The molecule has 2 aliphatic heterocycles. The van der Waals surface area contributed by atoms with Crippen LogP contribution in [0.1, 0.15) is 40.7 Å². The lowest BCUT2D eigenvalue weighted by molar-refractivity contribution is -0.115. The summed E-state index contributed by atoms with van der Waals surface area (Å²) in [7, 11) is 3.45. The van der Waals surface area contributed by atoms with E-state index in [4.69, 9.17) is 0 Å². The fraction of sp³-hybridized carbons (Fsp3) is 0.400. The summed E-state index contributed by atoms with van der Waals surface area (Å²) in [6.07, 6.45) is 10.6. The summed E-state index contributed by atoms with van der Waals surface area (Å²) in [4.78, 5) is 44.5. The summed E-state index contributed by atoms with van der Waals surface area (Å²) >= 11 is 0. The number of carbonyl (C=O) groups is 3. The van der Waals surface area contributed by atoms with Gasteiger partial charge in [-0.05, 0) is 43.9 Å². The maximum atomic E-state index is 13.1. The lowest BCUT2D eigenvalue weighted by Gasteiger charge is -2.21. The molecule has 4 rings (SSSR count). The van der Waals surface area contributed by atoms with Crippen molar-refractivity contribution in [1.29, 1.82) is 0 Å². The van der Waals surface area contributed by atoms with Crippen molar-refractivity contribution in [2.24, 2.45) is 5.92 Å². The Kier molecular flexibility index (Phi) is 6.01. The number of aryl methyl sites for hydroxylation is 1. The van der Waals surface area contributed by atoms with Crippen LogP contribution >= 0.6 is 0 Å². The Morgan fingerprint density at radius 1 is 1.21 bits per heavy atom. The molecule has 0 radical (unpaired) electrons. The highest BCUT2D eigenvalue weighted by Crippen LogP contribution is 2.30. The van der Waals surface area contributed by atoms with Crippen LogP contribution in [-0.2, 0) is 4.79 Å². The molecule has 3 aliphatic rings. The average Bonchev–Trinajstić information content (AvgIpc) is 3.37. The number of urea groups is 1. The average molecular weight is 450 g/mol. The summed E-state index contributed by atoms with van der Waals surface area (Å²) < 4.78 is 0. The first kappa shape index (κ1) is 22.6. The molecule has 1 fully saturated rings. The summed E-state index contributed by atoms with van der Waals surface area (Å²) in [6.45, 7) is 6.95. The maximum absolute atomic E-state index is 13.1. The number of allylic oxidation sites excluding steroid dienone is 4. The van der Waals surface area contributed by atoms with Gasteiger partial charge in [0.25, 0.3) is 11.8 Å². The number of hydrogen-bond donors (Lipinski definition) is 3. The van der Waals surface area contributed by atoms with Crippen molar-refractivity contribution in [3.8, 4) is 0 Å². The van der Waals surface area contributed by atoms with Gasteiger partial charge >= 0.3 is 6.03 Å². The van der Waals surface area contributed by atoms with Crippen LogP contribution in [0.5, 0.6) is 0 Å². The predicted octanol–water partition coefficient (Wildman–Crippen LogP) is 2.65. The van der Waals surface area contributed by atoms with Gasteiger partial charge in [0.15, 0.2) is 0 Å². The smallest absolute Gasteiger partial charge is 0.319 e. The number of hydrogen-bond acceptors (Lipinski definition) is 3. The number of carbonyl (C=O) groups excluding carboxylic acids is 3. The molecule has 1 saturated heterocycles. The van der Waals surface area contributed by atoms with Crippen molar-refractivity contribution in [2.75, 3.05) is 27.2 Å². The van der Waals surface area contributed by atoms with Gasteiger partial charge in [-0.25, -0.2) is 4.79 Å². The number of nitrogens with zero attached hydrogens (tertiary/aromatic N) is 2. The highest BCUT2D eigenvalue weighted by molar-refractivity contribution is 6.08. The number of aromatic nitrogens is 1. The molecule has 1 unspecified atom stereocenters. The zero-order valence-corrected chi connectivity index (χ0v) is 19.8. The third-order valence-electron chi connectivity index (χ3n) is 6.37. The van der Waals surface area contributed by atoms with Crippen LogP contribution in [0.2, 0.25) is 0 Å². The van der Waals surface area contributed by atoms with Gasteiger partial charge in [-0.15, -0.1) is 0 Å². The number of likely N-dealkylation sites (tertiary alicyclic amines) is 1. The Morgan fingerprint density at radius 3 is 2.67 bits per heavy atom. The van der Waals surface area contributed by atoms with Crippen molar-refractivity contribution in [2.45, 2.75) is 33.2 Å². The Morgan fingerprint density at radius 2 is 1.94 bits per heavy atom. The molecule has 3 heterocycles. The minimum atomic E-state index is -0.169. The molecule has 0 bridgehead atoms. The highest BCUT2D eigenvalue weighted by atomic mass is 16.2. The van der Waals surface area contributed by atoms with Crippen molar-refractivity contribution in [1.82, 2.24) is 25.4 Å². The molecular weight excluding hydrogens is 418 g/mol. The number of rotatable bonds is 3. The third kappa shape index (κ3) is 4.37. The van der Waals surface area contributed by atoms with E-state index in [1.807, 2.05) is 38.2 Å². The van der Waals surface area contributed by atoms with E-state index in [9.17, 15) is 14.4 Å². The van der Waals surface area contributed by atoms with Crippen LogP contribution in [0.3, 0.4) is 0 Å². The van der Waals surface area contributed by atoms with Gasteiger partial charge in [-0.1, -0.05) is 25.2 Å². The minimum Gasteiger partial charge on any atom is -0.358 e. The first-order valence-electron chi connectivity index (χ1n) is 11.3. The van der Waals surface area contributed by atoms with Gasteiger partial charge in [0.05, 0.1) is 11.1 Å². The summed E-state index contributed by atoms with van der Waals surface area (Å²) in [6, 6.07) is -0.134. The second-order valence-electron chi connectivity index (χ2n) is 9.16. The standard InChI is InChI=1S/C25H31N5O3/c1-14-6-8-18-19(23(31)28-20(18)9-7-14)12-21-15(2)22(16(3)26-21)24(32)27-17-10-11-30(13-17)25(33)29(4)5/h6-9,12,14,17,26H,10-11,13H2,1-5H3,(H,27,32)(H,28,31)/b19-12-/t14?,17-/m0/s1. The van der Waals surface area contributed by atoms with E-state index in [-0.39, 0.29) is 29.8 Å². The molecule has 4 amide bonds. The molecule has 8 heteroatoms. The van der Waals surface area contributed by atoms with Crippen LogP contribution in [0.25, 0.3) is 6.08 Å². The van der Waals surface area contributed by atoms with E-state index in [1.54, 1.807) is 23.9 Å². The summed E-state index contributed by atoms with van der Waals surface area (Å²) in [5.41, 5.74) is 5.08. The molecule has 0 spiro atoms. The van der Waals surface area contributed by atoms with E-state index in [0.717, 1.165) is 34.6 Å². The number of H-pyrrole nitrogens is 1. The van der Waals surface area contributed by atoms with Crippen LogP contribution < -0.4 is 10.6 Å². The van der Waals surface area contributed by atoms with E-state index in [0.29, 0.717) is 24.2 Å². The van der Waals surface area contributed by atoms with E-state index < -0.39 is 0 Å². The topological polar surface area (TPSA) is 97.5 Å². The molecule has 0 aromatic carbocycles. The monoisotopic (exact) mass is 449 g/mol. The second-order valence-corrected chi connectivity index (χ2v) is 9.16. The van der Waals surface area contributed by atoms with Crippen LogP contribution in [-0.4, -0.2) is 65.9 Å². The molecular formula is C25H31N5O3. The van der Waals surface area contributed by atoms with Crippen LogP contribution in [0.4, 0.5) is 4.79 Å². The first-order valence-corrected chi connectivity index (χ1v) is 11.3. The van der Waals surface area contributed by atoms with Crippen LogP contribution in [0.15, 0.2) is 41.1 Å². The van der Waals surface area contributed by atoms with Gasteiger partial charge in [0, 0.05) is 55.9 Å². The second kappa shape index (κ2) is 8.77. The SMILES string of the molecule is Cc1[nH]c(/C=C2\C(=O)NC3=C2C=CC(C)C=C3)c(C)c1C(=O)N[C@H]1CCN(C(=O)N(C)C)C1. The maximum Gasteiger partial charge on any atom is 0.319 e. The van der Waals surface area contributed by atoms with Gasteiger partial charge < -0.3 is 25.4 Å². The minimum absolute atomic E-state index is 0.0463. The predicted molar refractivity (Wildman–Crippen MR) is 127 cm³/mol. The van der Waals surface area contributed by atoms with E-state index in [1.165, 1.54) is 0 Å². The molecule has 3 N–H and O–H groups in total. The number of nitrogens with one attached hydrogen (secondary N) is 3. The lowest BCUT2D eigenvalue weighted by atomic mass is 10.0. The Balaban J connectivity index is 1.54. The fourth-order valence-corrected chi connectivity index (χ4v) is 4.53. The molecule has 1 aromatic rings. The highest BCUT2D eigenvalue weighted by Gasteiger charge is 2.30. The van der Waals surface area contributed by atoms with E-state index >= 15 is 0 Å². The first-order chi connectivity index (χ1) is 15.7. The molecule has 0 saturated carbocycles. The molecule has 33 heavy (non-hydrogen) atoms. The Hall–Kier alpha value is -3.55. The quantitative estimate of drug-likeness (QED) is 0.619. The van der Waals surface area contributed by atoms with Crippen molar-refractivity contribution < 1.29 is 14.4 Å². The molecule has 1 aromatic heterocycles. The largest absolute Gasteiger partial charge is 0.358 e. The fourth-order valence-electron chi connectivity index (χ4n) is 4.53. The normalized spacial score (nSPS) is 23.1. The van der Waals surface area contributed by atoms with Crippen molar-refractivity contribution >= 4 is 23.9 Å².